The third-order valence-corrected chi connectivity index (χ3v) is 3.54. The number of nitrogens with zero attached hydrogens (tertiary/aromatic N) is 3. The fourth-order valence-electron chi connectivity index (χ4n) is 2.26. The zero-order chi connectivity index (χ0) is 17.7. The van der Waals surface area contributed by atoms with Gasteiger partial charge in [-0.15, -0.1) is 0 Å². The normalized spacial score (nSPS) is 14.2. The van der Waals surface area contributed by atoms with E-state index < -0.39 is 11.0 Å². The molecule has 1 aromatic carbocycles. The van der Waals surface area contributed by atoms with Gasteiger partial charge in [-0.3, -0.25) is 19.7 Å². The third-order valence-electron chi connectivity index (χ3n) is 3.54. The summed E-state index contributed by atoms with van der Waals surface area (Å²) in [6.45, 7) is 2.63. The summed E-state index contributed by atoms with van der Waals surface area (Å²) in [7, 11) is 0. The van der Waals surface area contributed by atoms with Crippen molar-refractivity contribution < 1.29 is 24.0 Å². The number of piperazine rings is 1. The smallest absolute Gasteiger partial charge is 0.410 e. The van der Waals surface area contributed by atoms with Crippen LogP contribution in [0.2, 0.25) is 0 Å². The second kappa shape index (κ2) is 7.53. The Balaban J connectivity index is 1.85. The van der Waals surface area contributed by atoms with Gasteiger partial charge in [0.15, 0.2) is 0 Å². The second-order valence-corrected chi connectivity index (χ2v) is 5.37. The van der Waals surface area contributed by atoms with Crippen LogP contribution in [0.25, 0.3) is 0 Å². The van der Waals surface area contributed by atoms with Crippen molar-refractivity contribution in [2.24, 2.45) is 0 Å². The number of nitro benzene ring substituents is 1. The van der Waals surface area contributed by atoms with Crippen molar-refractivity contribution in [3.05, 3.63) is 34.4 Å². The van der Waals surface area contributed by atoms with Crippen LogP contribution in [-0.2, 0) is 9.59 Å². The molecule has 0 spiro atoms. The van der Waals surface area contributed by atoms with E-state index in [2.05, 4.69) is 0 Å². The number of non-ortho nitro benzene ring substituents is 1. The summed E-state index contributed by atoms with van der Waals surface area (Å²) in [6, 6.07) is 5.20. The average molecular weight is 335 g/mol. The van der Waals surface area contributed by atoms with Gasteiger partial charge in [-0.1, -0.05) is 0 Å². The van der Waals surface area contributed by atoms with Crippen molar-refractivity contribution in [2.75, 3.05) is 26.2 Å². The molecular weight excluding hydrogens is 318 g/mol. The molecule has 128 valence electrons. The number of hydrogen-bond acceptors (Lipinski definition) is 6. The fourth-order valence-corrected chi connectivity index (χ4v) is 2.26. The molecular formula is C15H17N3O6. The molecule has 0 atom stereocenters. The topological polar surface area (TPSA) is 110 Å². The molecule has 0 aliphatic carbocycles. The lowest BCUT2D eigenvalue weighted by molar-refractivity contribution is -0.384. The van der Waals surface area contributed by atoms with Crippen molar-refractivity contribution in [1.82, 2.24) is 9.80 Å². The van der Waals surface area contributed by atoms with E-state index in [1.165, 1.54) is 41.0 Å². The van der Waals surface area contributed by atoms with E-state index >= 15 is 0 Å². The monoisotopic (exact) mass is 335 g/mol. The molecule has 1 heterocycles. The maximum absolute atomic E-state index is 12.1. The predicted molar refractivity (Wildman–Crippen MR) is 82.6 cm³/mol. The molecule has 2 amide bonds. The van der Waals surface area contributed by atoms with Crippen LogP contribution < -0.4 is 4.74 Å². The van der Waals surface area contributed by atoms with Gasteiger partial charge in [-0.2, -0.15) is 0 Å². The van der Waals surface area contributed by atoms with E-state index in [-0.39, 0.29) is 29.5 Å². The lowest BCUT2D eigenvalue weighted by Crippen LogP contribution is -2.51. The Morgan fingerprint density at radius 3 is 2.12 bits per heavy atom. The van der Waals surface area contributed by atoms with Crippen LogP contribution in [0.1, 0.15) is 13.3 Å². The summed E-state index contributed by atoms with van der Waals surface area (Å²) in [6.07, 6.45) is -0.713. The Kier molecular flexibility index (Phi) is 5.46. The summed E-state index contributed by atoms with van der Waals surface area (Å²) >= 11 is 0. The quantitative estimate of drug-likeness (QED) is 0.465. The summed E-state index contributed by atoms with van der Waals surface area (Å²) < 4.78 is 5.16. The summed E-state index contributed by atoms with van der Waals surface area (Å²) in [5, 5.41) is 10.6. The van der Waals surface area contributed by atoms with Crippen molar-refractivity contribution in [3.8, 4) is 5.75 Å². The van der Waals surface area contributed by atoms with Crippen LogP contribution in [0.15, 0.2) is 24.3 Å². The van der Waals surface area contributed by atoms with Crippen LogP contribution in [0.4, 0.5) is 10.5 Å². The van der Waals surface area contributed by atoms with Gasteiger partial charge >= 0.3 is 6.09 Å². The van der Waals surface area contributed by atoms with Gasteiger partial charge in [0.25, 0.3) is 5.69 Å². The Morgan fingerprint density at radius 2 is 1.62 bits per heavy atom. The first-order valence-corrected chi connectivity index (χ1v) is 7.35. The van der Waals surface area contributed by atoms with Gasteiger partial charge in [0.2, 0.25) is 5.91 Å². The van der Waals surface area contributed by atoms with Crippen molar-refractivity contribution in [1.29, 1.82) is 0 Å². The molecule has 9 nitrogen and oxygen atoms in total. The van der Waals surface area contributed by atoms with Gasteiger partial charge < -0.3 is 14.5 Å². The molecule has 0 radical (unpaired) electrons. The van der Waals surface area contributed by atoms with Crippen LogP contribution in [-0.4, -0.2) is 58.7 Å². The largest absolute Gasteiger partial charge is 0.415 e. The highest BCUT2D eigenvalue weighted by atomic mass is 16.6. The molecule has 0 N–H and O–H groups in total. The number of hydrogen-bond donors (Lipinski definition) is 0. The van der Waals surface area contributed by atoms with E-state index in [1.807, 2.05) is 0 Å². The molecule has 1 aliphatic rings. The maximum atomic E-state index is 12.1. The Hall–Kier alpha value is -2.97. The number of nitro groups is 1. The van der Waals surface area contributed by atoms with Crippen LogP contribution in [0, 0.1) is 10.1 Å². The number of amides is 2. The number of ketones is 1. The highest BCUT2D eigenvalue weighted by molar-refractivity contribution is 5.96. The number of Topliss-reactive ketones (excluding diaryl/α,β-unsaturated/α-hetero) is 1. The van der Waals surface area contributed by atoms with E-state index in [4.69, 9.17) is 4.74 Å². The van der Waals surface area contributed by atoms with Crippen LogP contribution in [0.5, 0.6) is 5.75 Å². The molecule has 0 aromatic heterocycles. The van der Waals surface area contributed by atoms with Crippen molar-refractivity contribution >= 4 is 23.5 Å². The van der Waals surface area contributed by atoms with E-state index in [1.54, 1.807) is 0 Å². The van der Waals surface area contributed by atoms with Crippen molar-refractivity contribution in [3.63, 3.8) is 0 Å². The van der Waals surface area contributed by atoms with E-state index in [9.17, 15) is 24.5 Å². The average Bonchev–Trinajstić information content (AvgIpc) is 2.54. The first-order valence-electron chi connectivity index (χ1n) is 7.35. The zero-order valence-electron chi connectivity index (χ0n) is 13.1. The van der Waals surface area contributed by atoms with Gasteiger partial charge in [0.1, 0.15) is 11.5 Å². The van der Waals surface area contributed by atoms with Gasteiger partial charge in [0.05, 0.1) is 11.3 Å². The number of benzene rings is 1. The lowest BCUT2D eigenvalue weighted by atomic mass is 10.2. The molecule has 24 heavy (non-hydrogen) atoms. The molecule has 1 fully saturated rings. The number of carbonyl (C=O) groups excluding carboxylic acids is 3. The van der Waals surface area contributed by atoms with Crippen LogP contribution in [0.3, 0.4) is 0 Å². The maximum Gasteiger partial charge on any atom is 0.415 e. The molecule has 0 saturated carbocycles. The third kappa shape index (κ3) is 4.51. The highest BCUT2D eigenvalue weighted by Crippen LogP contribution is 2.18. The standard InChI is InChI=1S/C15H17N3O6/c1-11(19)10-14(20)16-6-8-17(9-7-16)15(21)24-13-4-2-12(3-5-13)18(22)23/h2-5H,6-10H2,1H3. The summed E-state index contributed by atoms with van der Waals surface area (Å²) in [5.74, 6) is -0.230. The minimum absolute atomic E-state index is 0.0904. The van der Waals surface area contributed by atoms with Gasteiger partial charge in [0, 0.05) is 38.3 Å². The first kappa shape index (κ1) is 17.4. The first-order chi connectivity index (χ1) is 11.4. The Labute approximate surface area is 137 Å². The minimum atomic E-state index is -0.581. The Bertz CT molecular complexity index is 650. The van der Waals surface area contributed by atoms with Gasteiger partial charge in [-0.25, -0.2) is 4.79 Å². The molecule has 1 aromatic rings. The molecule has 9 heteroatoms. The Morgan fingerprint density at radius 1 is 1.08 bits per heavy atom. The molecule has 1 aliphatic heterocycles. The van der Waals surface area contributed by atoms with Gasteiger partial charge in [-0.05, 0) is 19.1 Å². The predicted octanol–water partition coefficient (Wildman–Crippen LogP) is 1.22. The van der Waals surface area contributed by atoms with E-state index in [0.717, 1.165) is 0 Å². The zero-order valence-corrected chi connectivity index (χ0v) is 13.1. The number of carbonyl (C=O) groups is 3. The molecule has 1 saturated heterocycles. The molecule has 0 bridgehead atoms. The second-order valence-electron chi connectivity index (χ2n) is 5.37. The lowest BCUT2D eigenvalue weighted by Gasteiger charge is -2.33. The molecule has 0 unspecified atom stereocenters. The summed E-state index contributed by atoms with van der Waals surface area (Å²) in [5.41, 5.74) is -0.0904. The van der Waals surface area contributed by atoms with Crippen molar-refractivity contribution in [2.45, 2.75) is 13.3 Å². The number of rotatable bonds is 4. The molecule has 2 rings (SSSR count). The van der Waals surface area contributed by atoms with E-state index in [0.29, 0.717) is 26.2 Å². The minimum Gasteiger partial charge on any atom is -0.410 e. The summed E-state index contributed by atoms with van der Waals surface area (Å²) in [4.78, 5) is 47.8. The van der Waals surface area contributed by atoms with Crippen LogP contribution >= 0.6 is 0 Å². The fraction of sp³-hybridized carbons (Fsp3) is 0.400. The highest BCUT2D eigenvalue weighted by Gasteiger charge is 2.25. The number of ether oxygens (including phenoxy) is 1. The SMILES string of the molecule is CC(=O)CC(=O)N1CCN(C(=O)Oc2ccc([N+](=O)[O-])cc2)CC1.